The smallest absolute Gasteiger partial charge is 0.256 e. The fourth-order valence-electron chi connectivity index (χ4n) is 11.0. The zero-order chi connectivity index (χ0) is 49.4. The summed E-state index contributed by atoms with van der Waals surface area (Å²) in [6.45, 7) is -0.207. The summed E-state index contributed by atoms with van der Waals surface area (Å²) in [5.74, 6) is 5.21. The van der Waals surface area contributed by atoms with Gasteiger partial charge >= 0.3 is 0 Å². The van der Waals surface area contributed by atoms with Crippen molar-refractivity contribution in [3.63, 3.8) is 0 Å². The van der Waals surface area contributed by atoms with Crippen LogP contribution in [0.1, 0.15) is 0 Å². The van der Waals surface area contributed by atoms with E-state index in [1.54, 1.807) is 0 Å². The first-order valence-electron chi connectivity index (χ1n) is 25.1. The van der Waals surface area contributed by atoms with Crippen molar-refractivity contribution in [2.75, 3.05) is 0 Å². The van der Waals surface area contributed by atoms with E-state index in [4.69, 9.17) is 34.6 Å². The topological polar surface area (TPSA) is 91.5 Å². The normalized spacial score (nSPS) is 12.1. The van der Waals surface area contributed by atoms with Crippen LogP contribution in [0.5, 0.6) is 11.5 Å². The Morgan fingerprint density at radius 1 is 0.293 bits per heavy atom. The zero-order valence-corrected chi connectivity index (χ0v) is 40.2. The number of rotatable bonds is 8. The van der Waals surface area contributed by atoms with Crippen LogP contribution in [0.4, 0.5) is 0 Å². The lowest BCUT2D eigenvalue weighted by molar-refractivity contribution is 0.487. The maximum atomic E-state index is 7.20. The molecule has 2 aliphatic heterocycles. The molecule has 2 aliphatic rings. The number of nitrogens with zero attached hydrogens (tertiary/aromatic N) is 7. The van der Waals surface area contributed by atoms with E-state index in [0.29, 0.717) is 34.9 Å². The summed E-state index contributed by atoms with van der Waals surface area (Å²) in [5, 5.41) is 2.08. The van der Waals surface area contributed by atoms with E-state index >= 15 is 0 Å². The van der Waals surface area contributed by atoms with Gasteiger partial charge in [0.25, 0.3) is 6.71 Å². The fourth-order valence-corrected chi connectivity index (χ4v) is 11.0. The number of ether oxygens (including phenoxy) is 1. The van der Waals surface area contributed by atoms with Gasteiger partial charge in [0.1, 0.15) is 11.5 Å². The fraction of sp³-hybridized carbons (Fsp3) is 0. The molecule has 10 aromatic carbocycles. The Bertz CT molecular complexity index is 4250. The summed E-state index contributed by atoms with van der Waals surface area (Å²) in [5.41, 5.74) is 16.3. The predicted molar refractivity (Wildman–Crippen MR) is 302 cm³/mol. The van der Waals surface area contributed by atoms with E-state index in [-0.39, 0.29) is 6.71 Å². The molecule has 0 fully saturated rings. The third kappa shape index (κ3) is 7.24. The van der Waals surface area contributed by atoms with E-state index < -0.39 is 0 Å². The van der Waals surface area contributed by atoms with E-state index in [1.807, 2.05) is 97.1 Å². The predicted octanol–water partition coefficient (Wildman–Crippen LogP) is 13.4. The van der Waals surface area contributed by atoms with Crippen molar-refractivity contribution in [2.45, 2.75) is 0 Å². The van der Waals surface area contributed by atoms with Crippen LogP contribution in [-0.4, -0.2) is 41.2 Å². The standard InChI is InChI=1S/C66H40BN7O/c1-7-19-41(20-8-1)47-31-33-53-57(39-47)75-58-40-49(42-21-9-2-10-22-42)38-56-59(58)67(53)54-37-50(66-72-63(45-27-15-5-16-28-45)69-64(73-66)46-29-17-6-18-30-46)36-52-51-35-48(32-34-55(51)74(56)60(52)54)65-70-61(43-23-11-3-12-24-43)68-62(71-65)44-25-13-4-14-26-44/h1-40H. The van der Waals surface area contributed by atoms with Crippen molar-refractivity contribution >= 4 is 44.9 Å². The van der Waals surface area contributed by atoms with Gasteiger partial charge in [0.15, 0.2) is 34.9 Å². The summed E-state index contributed by atoms with van der Waals surface area (Å²) >= 11 is 0. The van der Waals surface area contributed by atoms with Crippen LogP contribution in [0.3, 0.4) is 0 Å². The molecule has 0 saturated heterocycles. The lowest BCUT2D eigenvalue weighted by atomic mass is 9.34. The molecule has 3 aromatic heterocycles. The molecule has 0 atom stereocenters. The average molecular weight is 958 g/mol. The Labute approximate surface area is 432 Å². The van der Waals surface area contributed by atoms with Crippen molar-refractivity contribution < 1.29 is 4.74 Å². The van der Waals surface area contributed by atoms with Gasteiger partial charge in [-0.1, -0.05) is 200 Å². The molecule has 0 N–H and O–H groups in total. The first-order chi connectivity index (χ1) is 37.1. The molecule has 0 radical (unpaired) electrons. The van der Waals surface area contributed by atoms with Crippen LogP contribution in [0.2, 0.25) is 0 Å². The highest BCUT2D eigenvalue weighted by Crippen LogP contribution is 2.43. The molecule has 13 aromatic rings. The number of aromatic nitrogens is 7. The van der Waals surface area contributed by atoms with Crippen molar-refractivity contribution in [3.05, 3.63) is 243 Å². The largest absolute Gasteiger partial charge is 0.458 e. The van der Waals surface area contributed by atoms with Gasteiger partial charge in [0.05, 0.1) is 5.52 Å². The molecule has 0 saturated carbocycles. The molecule has 0 aliphatic carbocycles. The van der Waals surface area contributed by atoms with E-state index in [0.717, 1.165) is 111 Å². The molecular formula is C66H40BN7O. The van der Waals surface area contributed by atoms with Gasteiger partial charge in [0, 0.05) is 55.4 Å². The summed E-state index contributed by atoms with van der Waals surface area (Å²) in [6, 6.07) is 84.0. The molecule has 0 amide bonds. The Morgan fingerprint density at radius 2 is 0.707 bits per heavy atom. The van der Waals surface area contributed by atoms with Crippen LogP contribution < -0.4 is 21.1 Å². The molecule has 0 unspecified atom stereocenters. The minimum Gasteiger partial charge on any atom is -0.458 e. The minimum atomic E-state index is -0.207. The second-order valence-corrected chi connectivity index (χ2v) is 19.0. The highest BCUT2D eigenvalue weighted by Gasteiger charge is 2.41. The Hall–Kier alpha value is -10.1. The number of benzene rings is 10. The maximum Gasteiger partial charge on any atom is 0.256 e. The summed E-state index contributed by atoms with van der Waals surface area (Å²) in [6.07, 6.45) is 0. The average Bonchev–Trinajstić information content (AvgIpc) is 3.99. The summed E-state index contributed by atoms with van der Waals surface area (Å²) in [4.78, 5) is 31.1. The first-order valence-corrected chi connectivity index (χ1v) is 25.1. The van der Waals surface area contributed by atoms with Crippen LogP contribution >= 0.6 is 0 Å². The quantitative estimate of drug-likeness (QED) is 0.140. The Balaban J connectivity index is 1.03. The van der Waals surface area contributed by atoms with Crippen LogP contribution in [0, 0.1) is 0 Å². The monoisotopic (exact) mass is 957 g/mol. The molecule has 8 nitrogen and oxygen atoms in total. The highest BCUT2D eigenvalue weighted by molar-refractivity contribution is 6.99. The summed E-state index contributed by atoms with van der Waals surface area (Å²) < 4.78 is 9.64. The van der Waals surface area contributed by atoms with Crippen molar-refractivity contribution in [1.29, 1.82) is 0 Å². The van der Waals surface area contributed by atoms with Crippen LogP contribution in [0.25, 0.3) is 118 Å². The number of hydrogen-bond acceptors (Lipinski definition) is 7. The third-order valence-corrected chi connectivity index (χ3v) is 14.5. The second kappa shape index (κ2) is 17.3. The number of hydrogen-bond donors (Lipinski definition) is 0. The van der Waals surface area contributed by atoms with E-state index in [9.17, 15) is 0 Å². The highest BCUT2D eigenvalue weighted by atomic mass is 16.5. The lowest BCUT2D eigenvalue weighted by Crippen LogP contribution is -2.58. The Morgan fingerprint density at radius 3 is 1.21 bits per heavy atom. The van der Waals surface area contributed by atoms with Gasteiger partial charge in [-0.2, -0.15) is 0 Å². The molecule has 0 bridgehead atoms. The van der Waals surface area contributed by atoms with Gasteiger partial charge in [-0.05, 0) is 81.1 Å². The molecule has 9 heteroatoms. The van der Waals surface area contributed by atoms with Crippen molar-refractivity contribution in [1.82, 2.24) is 34.5 Å². The first kappa shape index (κ1) is 42.6. The Kier molecular flexibility index (Phi) is 9.81. The molecule has 75 heavy (non-hydrogen) atoms. The van der Waals surface area contributed by atoms with Crippen molar-refractivity contribution in [3.8, 4) is 108 Å². The summed E-state index contributed by atoms with van der Waals surface area (Å²) in [7, 11) is 0. The zero-order valence-electron chi connectivity index (χ0n) is 40.2. The molecular weight excluding hydrogens is 918 g/mol. The van der Waals surface area contributed by atoms with Gasteiger partial charge in [-0.25, -0.2) is 29.9 Å². The third-order valence-electron chi connectivity index (χ3n) is 14.5. The van der Waals surface area contributed by atoms with Gasteiger partial charge in [-0.15, -0.1) is 0 Å². The maximum absolute atomic E-state index is 7.20. The minimum absolute atomic E-state index is 0.207. The van der Waals surface area contributed by atoms with Crippen LogP contribution in [0.15, 0.2) is 243 Å². The van der Waals surface area contributed by atoms with Crippen LogP contribution in [-0.2, 0) is 0 Å². The molecule has 348 valence electrons. The van der Waals surface area contributed by atoms with E-state index in [1.165, 1.54) is 0 Å². The second-order valence-electron chi connectivity index (χ2n) is 19.0. The van der Waals surface area contributed by atoms with Gasteiger partial charge in [-0.3, -0.25) is 0 Å². The molecule has 15 rings (SSSR count). The van der Waals surface area contributed by atoms with Gasteiger partial charge in [0.2, 0.25) is 0 Å². The SMILES string of the molecule is c1ccc(-c2ccc3c(c2)Oc2cc(-c4ccccc4)cc4c2B3c2cc(-c3nc(-c5ccccc5)nc(-c5ccccc5)n3)cc3c5cc(-c6nc(-c7ccccc7)nc(-c7ccccc7)n6)ccc5n-4c23)cc1. The number of fused-ring (bicyclic) bond motifs is 7. The lowest BCUT2D eigenvalue weighted by Gasteiger charge is -2.34. The molecule has 5 heterocycles. The van der Waals surface area contributed by atoms with Gasteiger partial charge < -0.3 is 9.30 Å². The molecule has 0 spiro atoms. The van der Waals surface area contributed by atoms with Crippen molar-refractivity contribution in [2.24, 2.45) is 0 Å². The van der Waals surface area contributed by atoms with E-state index in [2.05, 4.69) is 150 Å².